The van der Waals surface area contributed by atoms with Gasteiger partial charge in [-0.25, -0.2) is 4.79 Å². The van der Waals surface area contributed by atoms with Gasteiger partial charge < -0.3 is 9.30 Å². The standard InChI is InChI=1S/C23H22N2O3S/c1-5-11-25-19-10-9-18(22(27)28-6-2)13-20(19)29-23(25)24-21(26)14-17-8-7-15(3)12-16(17)4/h1,7-10,12-13H,6,11,14H2,2-4H3. The average molecular weight is 407 g/mol. The summed E-state index contributed by atoms with van der Waals surface area (Å²) in [6.45, 7) is 6.37. The lowest BCUT2D eigenvalue weighted by atomic mass is 10.0. The number of ether oxygens (including phenoxy) is 1. The number of amides is 1. The van der Waals surface area contributed by atoms with Gasteiger partial charge in [0.15, 0.2) is 4.80 Å². The van der Waals surface area contributed by atoms with Crippen LogP contribution < -0.4 is 4.80 Å². The van der Waals surface area contributed by atoms with E-state index in [0.717, 1.165) is 26.9 Å². The molecule has 1 aromatic heterocycles. The third-order valence-electron chi connectivity index (χ3n) is 4.50. The number of benzene rings is 2. The Balaban J connectivity index is 2.00. The van der Waals surface area contributed by atoms with Crippen molar-refractivity contribution in [2.45, 2.75) is 33.7 Å². The van der Waals surface area contributed by atoms with E-state index in [0.29, 0.717) is 17.0 Å². The SMILES string of the molecule is C#CCn1c(=NC(=O)Cc2ccc(C)cc2C)sc2cc(C(=O)OCC)ccc21. The number of terminal acetylenes is 1. The van der Waals surface area contributed by atoms with Gasteiger partial charge in [-0.3, -0.25) is 4.79 Å². The summed E-state index contributed by atoms with van der Waals surface area (Å²) in [5.74, 6) is 1.99. The quantitative estimate of drug-likeness (QED) is 0.478. The van der Waals surface area contributed by atoms with Gasteiger partial charge >= 0.3 is 5.97 Å². The molecule has 0 saturated carbocycles. The Morgan fingerprint density at radius 2 is 2.00 bits per heavy atom. The molecule has 0 saturated heterocycles. The molecule has 0 aliphatic heterocycles. The van der Waals surface area contributed by atoms with Crippen molar-refractivity contribution >= 4 is 33.4 Å². The fraction of sp³-hybridized carbons (Fsp3) is 0.261. The van der Waals surface area contributed by atoms with Crippen LogP contribution >= 0.6 is 11.3 Å². The Hall–Kier alpha value is -3.17. The molecule has 0 spiro atoms. The molecule has 29 heavy (non-hydrogen) atoms. The summed E-state index contributed by atoms with van der Waals surface area (Å²) >= 11 is 1.33. The maximum absolute atomic E-state index is 12.6. The van der Waals surface area contributed by atoms with Crippen LogP contribution in [0.15, 0.2) is 41.4 Å². The summed E-state index contributed by atoms with van der Waals surface area (Å²) < 4.78 is 7.70. The lowest BCUT2D eigenvalue weighted by Crippen LogP contribution is -2.17. The Morgan fingerprint density at radius 3 is 2.69 bits per heavy atom. The van der Waals surface area contributed by atoms with Gasteiger partial charge in [-0.2, -0.15) is 4.99 Å². The maximum atomic E-state index is 12.6. The second kappa shape index (κ2) is 8.89. The third kappa shape index (κ3) is 4.64. The van der Waals surface area contributed by atoms with Gasteiger partial charge in [0, 0.05) is 0 Å². The van der Waals surface area contributed by atoms with Crippen LogP contribution in [0.2, 0.25) is 0 Å². The van der Waals surface area contributed by atoms with Crippen LogP contribution in [0.1, 0.15) is 34.0 Å². The molecule has 148 valence electrons. The number of nitrogens with zero attached hydrogens (tertiary/aromatic N) is 2. The number of esters is 1. The predicted octanol–water partition coefficient (Wildman–Crippen LogP) is 3.80. The highest BCUT2D eigenvalue weighted by atomic mass is 32.1. The summed E-state index contributed by atoms with van der Waals surface area (Å²) in [5, 5.41) is 0. The molecule has 0 aliphatic carbocycles. The molecule has 0 N–H and O–H groups in total. The van der Waals surface area contributed by atoms with Gasteiger partial charge in [-0.15, -0.1) is 6.42 Å². The van der Waals surface area contributed by atoms with Crippen molar-refractivity contribution in [1.82, 2.24) is 4.57 Å². The van der Waals surface area contributed by atoms with Crippen molar-refractivity contribution in [3.05, 3.63) is 63.5 Å². The largest absolute Gasteiger partial charge is 0.462 e. The topological polar surface area (TPSA) is 60.7 Å². The molecule has 0 atom stereocenters. The predicted molar refractivity (Wildman–Crippen MR) is 115 cm³/mol. The second-order valence-corrected chi connectivity index (χ2v) is 7.70. The van der Waals surface area contributed by atoms with Gasteiger partial charge in [0.25, 0.3) is 5.91 Å². The van der Waals surface area contributed by atoms with Crippen LogP contribution in [0.3, 0.4) is 0 Å². The van der Waals surface area contributed by atoms with Gasteiger partial charge in [-0.05, 0) is 50.1 Å². The smallest absolute Gasteiger partial charge is 0.338 e. The lowest BCUT2D eigenvalue weighted by Gasteiger charge is -2.04. The summed E-state index contributed by atoms with van der Waals surface area (Å²) in [6, 6.07) is 11.3. The molecule has 0 unspecified atom stereocenters. The van der Waals surface area contributed by atoms with E-state index in [4.69, 9.17) is 11.2 Å². The molecule has 0 bridgehead atoms. The summed E-state index contributed by atoms with van der Waals surface area (Å²) in [4.78, 5) is 29.5. The molecular weight excluding hydrogens is 384 g/mol. The molecule has 1 heterocycles. The van der Waals surface area contributed by atoms with Gasteiger partial charge in [0.2, 0.25) is 0 Å². The number of hydrogen-bond acceptors (Lipinski definition) is 4. The Morgan fingerprint density at radius 1 is 1.21 bits per heavy atom. The van der Waals surface area contributed by atoms with Crippen LogP contribution in [0.5, 0.6) is 0 Å². The normalized spacial score (nSPS) is 11.4. The Kier molecular flexibility index (Phi) is 6.30. The zero-order chi connectivity index (χ0) is 21.0. The summed E-state index contributed by atoms with van der Waals surface area (Å²) in [7, 11) is 0. The van der Waals surface area contributed by atoms with Gasteiger partial charge in [0.05, 0.1) is 35.4 Å². The first kappa shape index (κ1) is 20.6. The average Bonchev–Trinajstić information content (AvgIpc) is 3.01. The first-order valence-electron chi connectivity index (χ1n) is 9.30. The minimum absolute atomic E-state index is 0.227. The van der Waals surface area contributed by atoms with Crippen LogP contribution in [0, 0.1) is 26.2 Å². The highest BCUT2D eigenvalue weighted by Crippen LogP contribution is 2.20. The molecule has 0 aliphatic rings. The van der Waals surface area contributed by atoms with Crippen molar-refractivity contribution in [3.63, 3.8) is 0 Å². The van der Waals surface area contributed by atoms with Crippen LogP contribution in [0.25, 0.3) is 10.2 Å². The zero-order valence-electron chi connectivity index (χ0n) is 16.7. The highest BCUT2D eigenvalue weighted by Gasteiger charge is 2.12. The fourth-order valence-corrected chi connectivity index (χ4v) is 4.18. The number of fused-ring (bicyclic) bond motifs is 1. The van der Waals surface area contributed by atoms with Crippen molar-refractivity contribution in [3.8, 4) is 12.3 Å². The van der Waals surface area contributed by atoms with Gasteiger partial charge in [-0.1, -0.05) is 41.0 Å². The van der Waals surface area contributed by atoms with E-state index in [1.54, 1.807) is 19.1 Å². The van der Waals surface area contributed by atoms with Crippen molar-refractivity contribution in [1.29, 1.82) is 0 Å². The van der Waals surface area contributed by atoms with E-state index >= 15 is 0 Å². The third-order valence-corrected chi connectivity index (χ3v) is 5.54. The molecule has 0 radical (unpaired) electrons. The molecular formula is C23H22N2O3S. The number of carbonyl (C=O) groups excluding carboxylic acids is 2. The zero-order valence-corrected chi connectivity index (χ0v) is 17.5. The van der Waals surface area contributed by atoms with Crippen molar-refractivity contribution in [2.75, 3.05) is 6.61 Å². The number of thiazole rings is 1. The monoisotopic (exact) mass is 406 g/mol. The van der Waals surface area contributed by atoms with Crippen molar-refractivity contribution in [2.24, 2.45) is 4.99 Å². The molecule has 3 rings (SSSR count). The molecule has 0 fully saturated rings. The Bertz CT molecular complexity index is 1200. The summed E-state index contributed by atoms with van der Waals surface area (Å²) in [5.41, 5.74) is 4.48. The highest BCUT2D eigenvalue weighted by molar-refractivity contribution is 7.16. The van der Waals surface area contributed by atoms with Gasteiger partial charge in [0.1, 0.15) is 0 Å². The fourth-order valence-electron chi connectivity index (χ4n) is 3.10. The number of hydrogen-bond donors (Lipinski definition) is 0. The number of carbonyl (C=O) groups is 2. The summed E-state index contributed by atoms with van der Waals surface area (Å²) in [6.07, 6.45) is 5.75. The van der Waals surface area contributed by atoms with E-state index in [-0.39, 0.29) is 24.8 Å². The molecule has 2 aromatic carbocycles. The molecule has 6 heteroatoms. The molecule has 1 amide bonds. The lowest BCUT2D eigenvalue weighted by molar-refractivity contribution is -0.117. The first-order valence-corrected chi connectivity index (χ1v) is 10.1. The van der Waals surface area contributed by atoms with E-state index in [1.807, 2.05) is 36.6 Å². The van der Waals surface area contributed by atoms with Crippen molar-refractivity contribution < 1.29 is 14.3 Å². The number of aryl methyl sites for hydroxylation is 2. The van der Waals surface area contributed by atoms with Crippen LogP contribution in [-0.2, 0) is 22.5 Å². The first-order chi connectivity index (χ1) is 13.9. The van der Waals surface area contributed by atoms with E-state index in [9.17, 15) is 9.59 Å². The minimum Gasteiger partial charge on any atom is -0.462 e. The second-order valence-electron chi connectivity index (χ2n) is 6.69. The minimum atomic E-state index is -0.379. The number of rotatable bonds is 5. The van der Waals surface area contributed by atoms with Crippen LogP contribution in [-0.4, -0.2) is 23.1 Å². The number of aromatic nitrogens is 1. The van der Waals surface area contributed by atoms with Crippen LogP contribution in [0.4, 0.5) is 0 Å². The van der Waals surface area contributed by atoms with E-state index in [2.05, 4.69) is 17.0 Å². The molecule has 3 aromatic rings. The maximum Gasteiger partial charge on any atom is 0.338 e. The van der Waals surface area contributed by atoms with E-state index in [1.165, 1.54) is 11.3 Å². The van der Waals surface area contributed by atoms with E-state index < -0.39 is 0 Å². The molecule has 5 nitrogen and oxygen atoms in total. The Labute approximate surface area is 173 Å².